The molecule has 0 radical (unpaired) electrons. The van der Waals surface area contributed by atoms with Crippen molar-refractivity contribution in [2.24, 2.45) is 5.41 Å². The molecule has 194 valence electrons. The molecule has 37 heavy (non-hydrogen) atoms. The van der Waals surface area contributed by atoms with Crippen LogP contribution >= 0.6 is 11.8 Å². The molecule has 3 aromatic rings. The first-order valence-electron chi connectivity index (χ1n) is 12.1. The third-order valence-corrected chi connectivity index (χ3v) is 7.00. The Hall–Kier alpha value is -3.20. The molecule has 0 spiro atoms. The quantitative estimate of drug-likeness (QED) is 0.364. The number of hydrogen-bond acceptors (Lipinski definition) is 7. The van der Waals surface area contributed by atoms with Gasteiger partial charge in [0.25, 0.3) is 0 Å². The second-order valence-corrected chi connectivity index (χ2v) is 10.9. The van der Waals surface area contributed by atoms with Gasteiger partial charge in [-0.25, -0.2) is 9.97 Å². The van der Waals surface area contributed by atoms with Gasteiger partial charge in [-0.2, -0.15) is 0 Å². The molecule has 0 saturated carbocycles. The zero-order chi connectivity index (χ0) is 26.7. The molecule has 1 aromatic carbocycles. The van der Waals surface area contributed by atoms with E-state index < -0.39 is 5.41 Å². The topological polar surface area (TPSA) is 76.6 Å². The molecule has 2 aromatic heterocycles. The summed E-state index contributed by atoms with van der Waals surface area (Å²) in [7, 11) is 3.95. The second kappa shape index (κ2) is 11.0. The van der Waals surface area contributed by atoms with Gasteiger partial charge in [0.05, 0.1) is 29.5 Å². The van der Waals surface area contributed by atoms with Gasteiger partial charge in [-0.15, -0.1) is 11.8 Å². The molecule has 1 N–H and O–H groups in total. The maximum Gasteiger partial charge on any atom is 0.231 e. The fourth-order valence-corrected chi connectivity index (χ4v) is 4.58. The van der Waals surface area contributed by atoms with Crippen molar-refractivity contribution in [2.75, 3.05) is 27.1 Å². The van der Waals surface area contributed by atoms with Crippen molar-refractivity contribution in [3.63, 3.8) is 0 Å². The second-order valence-electron chi connectivity index (χ2n) is 10.0. The smallest absolute Gasteiger partial charge is 0.231 e. The lowest BCUT2D eigenvalue weighted by Crippen LogP contribution is -2.41. The average molecular weight is 519 g/mol. The van der Waals surface area contributed by atoms with Gasteiger partial charge in [-0.1, -0.05) is 56.8 Å². The molecule has 1 amide bonds. The van der Waals surface area contributed by atoms with Gasteiger partial charge in [0.15, 0.2) is 0 Å². The molecule has 3 heterocycles. The van der Waals surface area contributed by atoms with Gasteiger partial charge in [0.1, 0.15) is 0 Å². The number of nitrogens with one attached hydrogen (secondary N) is 1. The fourth-order valence-electron chi connectivity index (χ4n) is 4.38. The molecule has 1 aliphatic heterocycles. The molecule has 0 fully saturated rings. The number of pyridine rings is 2. The number of benzene rings is 1. The van der Waals surface area contributed by atoms with Gasteiger partial charge < -0.3 is 14.8 Å². The van der Waals surface area contributed by atoms with E-state index >= 15 is 0 Å². The number of fused-ring (bicyclic) bond motifs is 2. The van der Waals surface area contributed by atoms with E-state index in [0.717, 1.165) is 33.6 Å². The Morgan fingerprint density at radius 2 is 1.73 bits per heavy atom. The molecule has 1 atom stereocenters. The summed E-state index contributed by atoms with van der Waals surface area (Å²) in [6.45, 7) is 10.8. The number of carbonyl (C=O) groups excluding carboxylic acids is 1. The van der Waals surface area contributed by atoms with Crippen molar-refractivity contribution in [2.45, 2.75) is 33.3 Å². The van der Waals surface area contributed by atoms with Crippen LogP contribution in [0, 0.1) is 12.3 Å². The summed E-state index contributed by atoms with van der Waals surface area (Å²) in [5, 5.41) is 3.55. The molecular weight excluding hydrogens is 484 g/mol. The average Bonchev–Trinajstić information content (AvgIpc) is 2.86. The molecule has 0 saturated heterocycles. The Kier molecular flexibility index (Phi) is 8.02. The van der Waals surface area contributed by atoms with Crippen LogP contribution in [-0.4, -0.2) is 47.9 Å². The third kappa shape index (κ3) is 5.87. The lowest BCUT2D eigenvalue weighted by molar-refractivity contribution is -0.129. The normalized spacial score (nSPS) is 14.5. The number of aryl methyl sites for hydroxylation is 1. The summed E-state index contributed by atoms with van der Waals surface area (Å²) in [6, 6.07) is 16.1. The molecule has 7 nitrogen and oxygen atoms in total. The number of rotatable bonds is 9. The van der Waals surface area contributed by atoms with Gasteiger partial charge >= 0.3 is 0 Å². The van der Waals surface area contributed by atoms with E-state index in [-0.39, 0.29) is 11.8 Å². The lowest BCUT2D eigenvalue weighted by Gasteiger charge is -2.37. The summed E-state index contributed by atoms with van der Waals surface area (Å²) < 4.78 is 11.9. The summed E-state index contributed by atoms with van der Waals surface area (Å²) in [6.07, 6.45) is 1.89. The number of hydrogen-bond donors (Lipinski definition) is 1. The third-order valence-electron chi connectivity index (χ3n) is 6.41. The predicted octanol–water partition coefficient (Wildman–Crippen LogP) is 5.70. The van der Waals surface area contributed by atoms with E-state index in [1.54, 1.807) is 0 Å². The van der Waals surface area contributed by atoms with Gasteiger partial charge in [0.2, 0.25) is 17.7 Å². The first-order chi connectivity index (χ1) is 17.6. The number of ether oxygens (including phenoxy) is 2. The van der Waals surface area contributed by atoms with Crippen LogP contribution in [0.2, 0.25) is 0 Å². The highest BCUT2D eigenvalue weighted by molar-refractivity contribution is 8.02. The minimum Gasteiger partial charge on any atom is -0.420 e. The Balaban J connectivity index is 1.68. The van der Waals surface area contributed by atoms with Gasteiger partial charge in [0, 0.05) is 28.3 Å². The summed E-state index contributed by atoms with van der Waals surface area (Å²) in [5.74, 6) is 0.537. The standard InChI is InChI=1S/C29H34N4O3S/c1-18-8-13-22-25(29(3,4)28(34)31-19(2)37-7)23-14-15-24(32-27(23)36-26(22)30-18)21-11-9-20(10-12-21)16-35-17-33(5)6/h8-15,25H,2,16-17H2,1,3-7H3,(H,31,34)/t25-/m0/s1. The summed E-state index contributed by atoms with van der Waals surface area (Å²) >= 11 is 1.41. The first kappa shape index (κ1) is 26.9. The molecule has 0 aliphatic carbocycles. The SMILES string of the molecule is C=C(NC(=O)C(C)(C)[C@H]1c2ccc(C)nc2Oc2nc(-c3ccc(COCN(C)C)cc3)ccc21)SC. The Labute approximate surface area is 223 Å². The van der Waals surface area contributed by atoms with Crippen molar-refractivity contribution in [3.8, 4) is 23.0 Å². The zero-order valence-corrected chi connectivity index (χ0v) is 23.1. The Bertz CT molecular complexity index is 1310. The van der Waals surface area contributed by atoms with E-state index in [9.17, 15) is 4.79 Å². The lowest BCUT2D eigenvalue weighted by atomic mass is 9.70. The van der Waals surface area contributed by atoms with Crippen molar-refractivity contribution in [1.82, 2.24) is 20.2 Å². The highest BCUT2D eigenvalue weighted by Crippen LogP contribution is 2.51. The Morgan fingerprint density at radius 3 is 2.38 bits per heavy atom. The van der Waals surface area contributed by atoms with E-state index in [1.807, 2.05) is 94.6 Å². The summed E-state index contributed by atoms with van der Waals surface area (Å²) in [5.41, 5.74) is 4.58. The van der Waals surface area contributed by atoms with Crippen LogP contribution < -0.4 is 10.1 Å². The monoisotopic (exact) mass is 518 g/mol. The van der Waals surface area contributed by atoms with Crippen LogP contribution in [0.3, 0.4) is 0 Å². The Morgan fingerprint density at radius 1 is 1.08 bits per heavy atom. The van der Waals surface area contributed by atoms with Crippen LogP contribution in [0.15, 0.2) is 60.1 Å². The highest BCUT2D eigenvalue weighted by Gasteiger charge is 2.44. The number of amides is 1. The molecule has 0 unspecified atom stereocenters. The molecule has 1 aliphatic rings. The highest BCUT2D eigenvalue weighted by atomic mass is 32.2. The molecule has 4 rings (SSSR count). The predicted molar refractivity (Wildman–Crippen MR) is 148 cm³/mol. The number of nitrogens with zero attached hydrogens (tertiary/aromatic N) is 3. The molecular formula is C29H34N4O3S. The molecule has 0 bridgehead atoms. The minimum absolute atomic E-state index is 0.118. The van der Waals surface area contributed by atoms with E-state index in [4.69, 9.17) is 14.5 Å². The van der Waals surface area contributed by atoms with Crippen LogP contribution in [0.25, 0.3) is 11.3 Å². The van der Waals surface area contributed by atoms with E-state index in [0.29, 0.717) is 30.1 Å². The number of aromatic nitrogens is 2. The van der Waals surface area contributed by atoms with Crippen LogP contribution in [-0.2, 0) is 16.1 Å². The zero-order valence-electron chi connectivity index (χ0n) is 22.3. The van der Waals surface area contributed by atoms with Gasteiger partial charge in [-0.3, -0.25) is 9.69 Å². The maximum absolute atomic E-state index is 13.4. The summed E-state index contributed by atoms with van der Waals surface area (Å²) in [4.78, 5) is 24.9. The van der Waals surface area contributed by atoms with E-state index in [2.05, 4.69) is 16.9 Å². The maximum atomic E-state index is 13.4. The largest absolute Gasteiger partial charge is 0.420 e. The fraction of sp³-hybridized carbons (Fsp3) is 0.345. The van der Waals surface area contributed by atoms with E-state index in [1.165, 1.54) is 11.8 Å². The van der Waals surface area contributed by atoms with Crippen molar-refractivity contribution >= 4 is 17.7 Å². The van der Waals surface area contributed by atoms with Crippen molar-refractivity contribution in [1.29, 1.82) is 0 Å². The number of thioether (sulfide) groups is 1. The van der Waals surface area contributed by atoms with Gasteiger partial charge in [-0.05, 0) is 45.0 Å². The minimum atomic E-state index is -0.819. The van der Waals surface area contributed by atoms with Crippen LogP contribution in [0.1, 0.15) is 42.1 Å². The molecule has 8 heteroatoms. The van der Waals surface area contributed by atoms with Crippen molar-refractivity contribution in [3.05, 3.63) is 82.5 Å². The number of carbonyl (C=O) groups is 1. The van der Waals surface area contributed by atoms with Crippen molar-refractivity contribution < 1.29 is 14.3 Å². The van der Waals surface area contributed by atoms with Crippen LogP contribution in [0.5, 0.6) is 11.8 Å². The first-order valence-corrected chi connectivity index (χ1v) is 13.3. The van der Waals surface area contributed by atoms with Crippen LogP contribution in [0.4, 0.5) is 0 Å².